The fraction of sp³-hybridized carbons (Fsp3) is 0.308. The number of nitrogens with zero attached hydrogens (tertiary/aromatic N) is 3. The molecule has 0 N–H and O–H groups in total. The molecule has 2 aromatic carbocycles. The SMILES string of the molecule is CCOC(=O)C(OC(C)(C)C)c1c(C)cc2nc(-c3nccc(Cl)n3)sc2c1-c1ccc(Cl)cc1. The standard InChI is InChI=1S/C26H25Cl2N3O3S/c1-6-33-25(32)21(34-26(3,4)5)19-14(2)13-17-22(20(19)15-7-9-16(27)10-8-15)35-24(30-17)23-29-12-11-18(28)31-23/h7-13,21H,6H2,1-5H3. The fourth-order valence-corrected chi connectivity index (χ4v) is 5.11. The molecule has 9 heteroatoms. The number of carbonyl (C=O) groups excluding carboxylic acids is 1. The Balaban J connectivity index is 2.03. The maximum atomic E-state index is 13.2. The summed E-state index contributed by atoms with van der Waals surface area (Å²) in [5.74, 6) is -0.00385. The van der Waals surface area contributed by atoms with Crippen LogP contribution in [0.2, 0.25) is 10.2 Å². The number of esters is 1. The first-order valence-corrected chi connectivity index (χ1v) is 12.7. The molecule has 2 heterocycles. The molecule has 0 radical (unpaired) electrons. The van der Waals surface area contributed by atoms with Crippen LogP contribution in [-0.2, 0) is 14.3 Å². The Kier molecular flexibility index (Phi) is 7.43. The van der Waals surface area contributed by atoms with Crippen LogP contribution in [0, 0.1) is 6.92 Å². The van der Waals surface area contributed by atoms with Crippen LogP contribution in [0.1, 0.15) is 44.9 Å². The number of carbonyl (C=O) groups is 1. The third-order valence-corrected chi connectivity index (χ3v) is 6.65. The number of rotatable bonds is 6. The Morgan fingerprint density at radius 1 is 1.11 bits per heavy atom. The lowest BCUT2D eigenvalue weighted by atomic mass is 9.91. The van der Waals surface area contributed by atoms with Gasteiger partial charge in [0.05, 0.1) is 22.4 Å². The van der Waals surface area contributed by atoms with Crippen molar-refractivity contribution in [3.63, 3.8) is 0 Å². The first-order valence-electron chi connectivity index (χ1n) is 11.1. The average Bonchev–Trinajstić information content (AvgIpc) is 3.20. The Morgan fingerprint density at radius 2 is 1.83 bits per heavy atom. The van der Waals surface area contributed by atoms with Crippen LogP contribution >= 0.6 is 34.5 Å². The van der Waals surface area contributed by atoms with Gasteiger partial charge < -0.3 is 9.47 Å². The Bertz CT molecular complexity index is 1380. The number of aryl methyl sites for hydroxylation is 1. The van der Waals surface area contributed by atoms with E-state index in [0.717, 1.165) is 32.5 Å². The highest BCUT2D eigenvalue weighted by atomic mass is 35.5. The molecule has 0 saturated carbocycles. The molecule has 4 rings (SSSR count). The van der Waals surface area contributed by atoms with E-state index in [-0.39, 0.29) is 6.61 Å². The van der Waals surface area contributed by atoms with Gasteiger partial charge in [0.2, 0.25) is 0 Å². The molecule has 182 valence electrons. The van der Waals surface area contributed by atoms with Crippen molar-refractivity contribution in [2.75, 3.05) is 6.61 Å². The van der Waals surface area contributed by atoms with E-state index in [0.29, 0.717) is 21.0 Å². The third-order valence-electron chi connectivity index (χ3n) is 5.11. The Labute approximate surface area is 218 Å². The van der Waals surface area contributed by atoms with Crippen molar-refractivity contribution in [3.8, 4) is 22.0 Å². The van der Waals surface area contributed by atoms with E-state index in [9.17, 15) is 4.79 Å². The number of fused-ring (bicyclic) bond motifs is 1. The molecule has 0 bridgehead atoms. The molecule has 2 aromatic heterocycles. The second-order valence-electron chi connectivity index (χ2n) is 8.92. The lowest BCUT2D eigenvalue weighted by molar-refractivity contribution is -0.166. The highest BCUT2D eigenvalue weighted by Gasteiger charge is 2.33. The number of aromatic nitrogens is 3. The number of thiazole rings is 1. The monoisotopic (exact) mass is 529 g/mol. The van der Waals surface area contributed by atoms with E-state index in [1.54, 1.807) is 19.2 Å². The Hall–Kier alpha value is -2.58. The lowest BCUT2D eigenvalue weighted by Crippen LogP contribution is -2.29. The molecule has 0 amide bonds. The summed E-state index contributed by atoms with van der Waals surface area (Å²) in [6.45, 7) is 9.71. The van der Waals surface area contributed by atoms with Gasteiger partial charge in [-0.15, -0.1) is 11.3 Å². The van der Waals surface area contributed by atoms with Crippen molar-refractivity contribution in [1.29, 1.82) is 0 Å². The van der Waals surface area contributed by atoms with Crippen molar-refractivity contribution < 1.29 is 14.3 Å². The normalized spacial score (nSPS) is 12.7. The van der Waals surface area contributed by atoms with E-state index in [1.807, 2.05) is 58.0 Å². The Morgan fingerprint density at radius 3 is 2.46 bits per heavy atom. The molecule has 0 saturated heterocycles. The molecule has 6 nitrogen and oxygen atoms in total. The maximum absolute atomic E-state index is 13.2. The smallest absolute Gasteiger partial charge is 0.339 e. The van der Waals surface area contributed by atoms with Gasteiger partial charge in [-0.3, -0.25) is 0 Å². The molecular formula is C26H25Cl2N3O3S. The van der Waals surface area contributed by atoms with Crippen LogP contribution in [0.4, 0.5) is 0 Å². The molecule has 1 unspecified atom stereocenters. The van der Waals surface area contributed by atoms with Crippen LogP contribution in [0.3, 0.4) is 0 Å². The second kappa shape index (κ2) is 10.2. The van der Waals surface area contributed by atoms with Gasteiger partial charge in [-0.25, -0.2) is 19.7 Å². The van der Waals surface area contributed by atoms with Crippen molar-refractivity contribution in [3.05, 3.63) is 63.9 Å². The molecule has 35 heavy (non-hydrogen) atoms. The summed E-state index contributed by atoms with van der Waals surface area (Å²) in [6.07, 6.45) is 0.666. The van der Waals surface area contributed by atoms with Gasteiger partial charge in [0.25, 0.3) is 0 Å². The molecule has 0 aliphatic carbocycles. The average molecular weight is 530 g/mol. The van der Waals surface area contributed by atoms with Crippen LogP contribution < -0.4 is 0 Å². The number of benzene rings is 2. The predicted molar refractivity (Wildman–Crippen MR) is 141 cm³/mol. The van der Waals surface area contributed by atoms with Crippen molar-refractivity contribution >= 4 is 50.7 Å². The summed E-state index contributed by atoms with van der Waals surface area (Å²) < 4.78 is 12.6. The highest BCUT2D eigenvalue weighted by Crippen LogP contribution is 2.44. The number of hydrogen-bond acceptors (Lipinski definition) is 7. The topological polar surface area (TPSA) is 74.2 Å². The van der Waals surface area contributed by atoms with Crippen LogP contribution in [0.5, 0.6) is 0 Å². The lowest BCUT2D eigenvalue weighted by Gasteiger charge is -2.29. The zero-order chi connectivity index (χ0) is 25.3. The fourth-order valence-electron chi connectivity index (χ4n) is 3.78. The number of halogens is 2. The van der Waals surface area contributed by atoms with E-state index in [2.05, 4.69) is 9.97 Å². The van der Waals surface area contributed by atoms with Crippen molar-refractivity contribution in [2.24, 2.45) is 0 Å². The van der Waals surface area contributed by atoms with Gasteiger partial charge in [0.1, 0.15) is 5.15 Å². The summed E-state index contributed by atoms with van der Waals surface area (Å²) in [6, 6.07) is 11.1. The molecule has 4 aromatic rings. The quantitative estimate of drug-likeness (QED) is 0.190. The summed E-state index contributed by atoms with van der Waals surface area (Å²) in [5, 5.41) is 1.58. The summed E-state index contributed by atoms with van der Waals surface area (Å²) in [7, 11) is 0. The van der Waals surface area contributed by atoms with Gasteiger partial charge in [-0.2, -0.15) is 0 Å². The molecule has 1 atom stereocenters. The maximum Gasteiger partial charge on any atom is 0.339 e. The minimum absolute atomic E-state index is 0.247. The van der Waals surface area contributed by atoms with Gasteiger partial charge in [-0.05, 0) is 70.0 Å². The van der Waals surface area contributed by atoms with E-state index in [4.69, 9.17) is 37.7 Å². The molecule has 0 fully saturated rings. The van der Waals surface area contributed by atoms with Gasteiger partial charge in [0, 0.05) is 22.3 Å². The third kappa shape index (κ3) is 5.64. The number of ether oxygens (including phenoxy) is 2. The molecule has 0 aliphatic heterocycles. The summed E-state index contributed by atoms with van der Waals surface area (Å²) in [5.41, 5.74) is 3.47. The predicted octanol–water partition coefficient (Wildman–Crippen LogP) is 7.45. The van der Waals surface area contributed by atoms with Crippen molar-refractivity contribution in [1.82, 2.24) is 15.0 Å². The van der Waals surface area contributed by atoms with Crippen LogP contribution in [0.25, 0.3) is 32.2 Å². The molecule has 0 spiro atoms. The second-order valence-corrected chi connectivity index (χ2v) is 10.7. The van der Waals surface area contributed by atoms with E-state index >= 15 is 0 Å². The van der Waals surface area contributed by atoms with Crippen LogP contribution in [0.15, 0.2) is 42.6 Å². The van der Waals surface area contributed by atoms with Crippen LogP contribution in [-0.4, -0.2) is 33.1 Å². The highest BCUT2D eigenvalue weighted by molar-refractivity contribution is 7.22. The zero-order valence-corrected chi connectivity index (χ0v) is 22.4. The first-order chi connectivity index (χ1) is 16.6. The molecular weight excluding hydrogens is 505 g/mol. The van der Waals surface area contributed by atoms with Crippen molar-refractivity contribution in [2.45, 2.75) is 46.3 Å². The van der Waals surface area contributed by atoms with Gasteiger partial charge in [0.15, 0.2) is 16.9 Å². The molecule has 0 aliphatic rings. The van der Waals surface area contributed by atoms with E-state index < -0.39 is 17.7 Å². The minimum atomic E-state index is -0.932. The van der Waals surface area contributed by atoms with Gasteiger partial charge >= 0.3 is 5.97 Å². The summed E-state index contributed by atoms with van der Waals surface area (Å²) in [4.78, 5) is 26.6. The minimum Gasteiger partial charge on any atom is -0.464 e. The first kappa shape index (κ1) is 25.5. The van der Waals surface area contributed by atoms with Gasteiger partial charge in [-0.1, -0.05) is 35.3 Å². The van der Waals surface area contributed by atoms with E-state index in [1.165, 1.54) is 11.3 Å². The number of hydrogen-bond donors (Lipinski definition) is 0. The largest absolute Gasteiger partial charge is 0.464 e. The zero-order valence-electron chi connectivity index (χ0n) is 20.1. The summed E-state index contributed by atoms with van der Waals surface area (Å²) >= 11 is 13.7.